The standard InChI is InChI=1S/C49H47N3O/c1-50-37-17-21-41-44(30-37)48(32-33-13-14-36(48)29-33)46-42-23-24-49(34-11-5-2-6-12-34,35-15-18-38(19-16-35)51-25-7-3-8-26-51)53-47(42)43-31-39(20-22-40(43)45(41)46)52-27-9-4-10-28-52/h2,5-6,11-12,15-24,30-31,33,36H,3-4,7-10,13-14,25-29,32H2. The van der Waals surface area contributed by atoms with Crippen LogP contribution in [0.1, 0.15) is 92.0 Å². The smallest absolute Gasteiger partial charge is 0.187 e. The highest BCUT2D eigenvalue weighted by atomic mass is 16.5. The van der Waals surface area contributed by atoms with E-state index in [9.17, 15) is 0 Å². The lowest BCUT2D eigenvalue weighted by atomic mass is 9.65. The molecule has 0 amide bonds. The lowest BCUT2D eigenvalue weighted by Crippen LogP contribution is -2.36. The Bertz CT molecular complexity index is 2320. The summed E-state index contributed by atoms with van der Waals surface area (Å²) in [6.07, 6.45) is 17.5. The second kappa shape index (κ2) is 12.0. The molecule has 3 aliphatic heterocycles. The number of hydrogen-bond acceptors (Lipinski definition) is 3. The highest BCUT2D eigenvalue weighted by molar-refractivity contribution is 6.10. The monoisotopic (exact) mass is 693 g/mol. The van der Waals surface area contributed by atoms with Gasteiger partial charge in [0.05, 0.1) is 6.57 Å². The molecule has 0 aromatic heterocycles. The van der Waals surface area contributed by atoms with E-state index in [2.05, 4.69) is 118 Å². The minimum atomic E-state index is -0.776. The van der Waals surface area contributed by atoms with Crippen LogP contribution in [-0.4, -0.2) is 26.2 Å². The van der Waals surface area contributed by atoms with Crippen molar-refractivity contribution in [2.45, 2.75) is 75.2 Å². The van der Waals surface area contributed by atoms with Gasteiger partial charge in [0.2, 0.25) is 0 Å². The van der Waals surface area contributed by atoms with Gasteiger partial charge in [-0.1, -0.05) is 79.2 Å². The van der Waals surface area contributed by atoms with E-state index in [1.165, 1.54) is 114 Å². The highest BCUT2D eigenvalue weighted by Crippen LogP contribution is 2.69. The Labute approximate surface area is 313 Å². The fourth-order valence-electron chi connectivity index (χ4n) is 11.7. The van der Waals surface area contributed by atoms with Crippen molar-refractivity contribution >= 4 is 33.9 Å². The van der Waals surface area contributed by atoms with Crippen LogP contribution in [0.4, 0.5) is 17.1 Å². The van der Waals surface area contributed by atoms with Crippen molar-refractivity contribution in [3.63, 3.8) is 0 Å². The van der Waals surface area contributed by atoms with Gasteiger partial charge < -0.3 is 14.5 Å². The van der Waals surface area contributed by atoms with Crippen LogP contribution in [0, 0.1) is 18.4 Å². The van der Waals surface area contributed by atoms with Crippen molar-refractivity contribution in [3.8, 4) is 16.9 Å². The lowest BCUT2D eigenvalue weighted by Gasteiger charge is -2.41. The number of benzene rings is 5. The van der Waals surface area contributed by atoms with Gasteiger partial charge in [-0.15, -0.1) is 0 Å². The first kappa shape index (κ1) is 31.5. The molecule has 3 heterocycles. The molecule has 4 fully saturated rings. The van der Waals surface area contributed by atoms with E-state index < -0.39 is 5.60 Å². The van der Waals surface area contributed by atoms with E-state index in [0.29, 0.717) is 5.92 Å². The van der Waals surface area contributed by atoms with E-state index in [-0.39, 0.29) is 5.41 Å². The zero-order chi connectivity index (χ0) is 35.1. The number of anilines is 2. The van der Waals surface area contributed by atoms with Crippen LogP contribution in [0.25, 0.3) is 32.8 Å². The van der Waals surface area contributed by atoms with Gasteiger partial charge in [0.1, 0.15) is 5.75 Å². The van der Waals surface area contributed by atoms with Crippen LogP contribution >= 0.6 is 0 Å². The maximum Gasteiger partial charge on any atom is 0.187 e. The first-order valence-electron chi connectivity index (χ1n) is 20.4. The lowest BCUT2D eigenvalue weighted by molar-refractivity contribution is 0.163. The first-order valence-corrected chi connectivity index (χ1v) is 20.4. The van der Waals surface area contributed by atoms with E-state index >= 15 is 0 Å². The summed E-state index contributed by atoms with van der Waals surface area (Å²) in [5, 5.41) is 2.49. The Morgan fingerprint density at radius 2 is 1.42 bits per heavy atom. The van der Waals surface area contributed by atoms with Gasteiger partial charge >= 0.3 is 0 Å². The molecule has 4 heteroatoms. The van der Waals surface area contributed by atoms with Crippen molar-refractivity contribution in [1.29, 1.82) is 0 Å². The maximum absolute atomic E-state index is 8.00. The molecule has 0 N–H and O–H groups in total. The van der Waals surface area contributed by atoms with Gasteiger partial charge in [0.15, 0.2) is 11.3 Å². The summed E-state index contributed by atoms with van der Waals surface area (Å²) in [7, 11) is 0. The largest absolute Gasteiger partial charge is 0.472 e. The molecule has 6 aliphatic rings. The van der Waals surface area contributed by atoms with Crippen molar-refractivity contribution in [2.75, 3.05) is 36.0 Å². The fourth-order valence-corrected chi connectivity index (χ4v) is 11.7. The average Bonchev–Trinajstić information content (AvgIpc) is 3.94. The highest BCUT2D eigenvalue weighted by Gasteiger charge is 2.58. The second-order valence-corrected chi connectivity index (χ2v) is 16.8. The summed E-state index contributed by atoms with van der Waals surface area (Å²) in [5.41, 5.74) is 11.6. The molecule has 11 rings (SSSR count). The fraction of sp³-hybridized carbons (Fsp3) is 0.367. The molecule has 5 aromatic carbocycles. The normalized spacial score (nSPS) is 26.7. The van der Waals surface area contributed by atoms with Crippen LogP contribution in [0.5, 0.6) is 5.75 Å². The van der Waals surface area contributed by atoms with Gasteiger partial charge in [-0.3, -0.25) is 0 Å². The number of ether oxygens (including phenoxy) is 1. The molecule has 1 spiro atoms. The van der Waals surface area contributed by atoms with Gasteiger partial charge in [-0.2, -0.15) is 0 Å². The Balaban J connectivity index is 1.17. The number of rotatable bonds is 4. The summed E-state index contributed by atoms with van der Waals surface area (Å²) >= 11 is 0. The third kappa shape index (κ3) is 4.59. The Kier molecular flexibility index (Phi) is 7.14. The quantitative estimate of drug-likeness (QED) is 0.175. The topological polar surface area (TPSA) is 20.1 Å². The molecule has 4 unspecified atom stereocenters. The number of nitrogens with zero attached hydrogens (tertiary/aromatic N) is 3. The molecule has 5 aromatic rings. The molecule has 2 bridgehead atoms. The van der Waals surface area contributed by atoms with Crippen LogP contribution < -0.4 is 14.5 Å². The van der Waals surface area contributed by atoms with Gasteiger partial charge in [-0.05, 0) is 128 Å². The van der Waals surface area contributed by atoms with Gasteiger partial charge in [0, 0.05) is 65.0 Å². The molecule has 0 radical (unpaired) electrons. The molecular weight excluding hydrogens is 647 g/mol. The predicted octanol–water partition coefficient (Wildman–Crippen LogP) is 11.8. The molecule has 2 saturated carbocycles. The molecule has 264 valence electrons. The summed E-state index contributed by atoms with van der Waals surface area (Å²) < 4.78 is 7.82. The third-order valence-electron chi connectivity index (χ3n) is 14.1. The Hall–Kier alpha value is -5.01. The molecule has 4 atom stereocenters. The molecule has 3 aliphatic carbocycles. The molecular formula is C49H47N3O. The number of fused-ring (bicyclic) bond motifs is 13. The van der Waals surface area contributed by atoms with E-state index in [0.717, 1.165) is 54.7 Å². The number of hydrogen-bond donors (Lipinski definition) is 0. The van der Waals surface area contributed by atoms with Crippen molar-refractivity contribution in [2.24, 2.45) is 11.8 Å². The molecule has 2 saturated heterocycles. The maximum atomic E-state index is 8.00. The van der Waals surface area contributed by atoms with Crippen LogP contribution in [0.3, 0.4) is 0 Å². The minimum Gasteiger partial charge on any atom is -0.472 e. The average molecular weight is 694 g/mol. The second-order valence-electron chi connectivity index (χ2n) is 16.8. The third-order valence-corrected chi connectivity index (χ3v) is 14.1. The zero-order valence-corrected chi connectivity index (χ0v) is 30.6. The van der Waals surface area contributed by atoms with E-state index in [1.807, 2.05) is 0 Å². The van der Waals surface area contributed by atoms with Crippen molar-refractivity contribution < 1.29 is 4.74 Å². The summed E-state index contributed by atoms with van der Waals surface area (Å²) in [4.78, 5) is 9.09. The van der Waals surface area contributed by atoms with Gasteiger partial charge in [-0.25, -0.2) is 4.85 Å². The zero-order valence-electron chi connectivity index (χ0n) is 30.6. The summed E-state index contributed by atoms with van der Waals surface area (Å²) in [6.45, 7) is 12.5. The number of piperidine rings is 2. The molecule has 4 nitrogen and oxygen atoms in total. The predicted molar refractivity (Wildman–Crippen MR) is 217 cm³/mol. The van der Waals surface area contributed by atoms with Crippen LogP contribution in [-0.2, 0) is 11.0 Å². The van der Waals surface area contributed by atoms with Crippen molar-refractivity contribution in [1.82, 2.24) is 0 Å². The van der Waals surface area contributed by atoms with E-state index in [1.54, 1.807) is 0 Å². The van der Waals surface area contributed by atoms with E-state index in [4.69, 9.17) is 11.3 Å². The summed E-state index contributed by atoms with van der Waals surface area (Å²) in [5.74, 6) is 2.34. The minimum absolute atomic E-state index is 0.0887. The van der Waals surface area contributed by atoms with Crippen LogP contribution in [0.15, 0.2) is 97.1 Å². The first-order chi connectivity index (χ1) is 26.2. The Morgan fingerprint density at radius 1 is 0.698 bits per heavy atom. The van der Waals surface area contributed by atoms with Crippen LogP contribution in [0.2, 0.25) is 0 Å². The van der Waals surface area contributed by atoms with Crippen molar-refractivity contribution in [3.05, 3.63) is 136 Å². The molecule has 53 heavy (non-hydrogen) atoms. The SMILES string of the molecule is [C-]#[N+]c1ccc2c(c1)C1(CC3CCC1C3)c1c3c(c4cc(N5CCCCC5)ccc4c1-2)OC(c1ccccc1)(c1ccc(N2CCCCC2)cc1)C=C3. The summed E-state index contributed by atoms with van der Waals surface area (Å²) in [6, 6.07) is 34.0. The van der Waals surface area contributed by atoms with Gasteiger partial charge in [0.25, 0.3) is 0 Å². The Morgan fingerprint density at radius 3 is 2.11 bits per heavy atom.